The van der Waals surface area contributed by atoms with E-state index in [1.807, 2.05) is 6.92 Å². The average Bonchev–Trinajstić information content (AvgIpc) is 2.69. The van der Waals surface area contributed by atoms with Crippen LogP contribution in [0.25, 0.3) is 0 Å². The number of carbonyl (C=O) groups excluding carboxylic acids is 1. The van der Waals surface area contributed by atoms with E-state index in [0.29, 0.717) is 18.7 Å². The van der Waals surface area contributed by atoms with Crippen molar-refractivity contribution in [3.8, 4) is 12.3 Å². The number of hydrogen-bond donors (Lipinski definition) is 1. The second-order valence-electron chi connectivity index (χ2n) is 2.92. The average molecular weight is 191 g/mol. The van der Waals surface area contributed by atoms with Crippen molar-refractivity contribution in [1.82, 2.24) is 15.1 Å². The van der Waals surface area contributed by atoms with Crippen LogP contribution in [0.1, 0.15) is 23.7 Å². The highest BCUT2D eigenvalue weighted by Crippen LogP contribution is 2.02. The van der Waals surface area contributed by atoms with Crippen LogP contribution >= 0.6 is 0 Å². The molecule has 1 heterocycles. The zero-order valence-corrected chi connectivity index (χ0v) is 8.16. The minimum Gasteiger partial charge on any atom is -0.327 e. The topological polar surface area (TPSA) is 49.0 Å². The molecule has 0 saturated carbocycles. The standard InChI is InChI=1S/C10H13N3O/c1-3-5-13(6-4-2)10(14)9-7-11-12-8-9/h1,7-8H,4-6H2,2H3,(H,11,12). The molecule has 0 atom stereocenters. The molecule has 74 valence electrons. The first-order valence-corrected chi connectivity index (χ1v) is 4.51. The first-order chi connectivity index (χ1) is 6.79. The number of carbonyl (C=O) groups is 1. The van der Waals surface area contributed by atoms with Crippen LogP contribution in [0.5, 0.6) is 0 Å². The lowest BCUT2D eigenvalue weighted by Gasteiger charge is -2.18. The Morgan fingerprint density at radius 1 is 1.79 bits per heavy atom. The van der Waals surface area contributed by atoms with Crippen molar-refractivity contribution >= 4 is 5.91 Å². The summed E-state index contributed by atoms with van der Waals surface area (Å²) in [4.78, 5) is 13.4. The van der Waals surface area contributed by atoms with Crippen LogP contribution in [0.2, 0.25) is 0 Å². The van der Waals surface area contributed by atoms with Gasteiger partial charge in [0.25, 0.3) is 5.91 Å². The molecular formula is C10H13N3O. The molecule has 0 spiro atoms. The van der Waals surface area contributed by atoms with Crippen LogP contribution in [-0.2, 0) is 0 Å². The highest BCUT2D eigenvalue weighted by molar-refractivity contribution is 5.93. The Labute approximate surface area is 83.3 Å². The molecule has 0 aliphatic carbocycles. The van der Waals surface area contributed by atoms with E-state index in [4.69, 9.17) is 6.42 Å². The Kier molecular flexibility index (Phi) is 3.74. The van der Waals surface area contributed by atoms with Crippen molar-refractivity contribution in [2.24, 2.45) is 0 Å². The van der Waals surface area contributed by atoms with E-state index in [2.05, 4.69) is 16.1 Å². The summed E-state index contributed by atoms with van der Waals surface area (Å²) in [6.07, 6.45) is 9.15. The maximum Gasteiger partial charge on any atom is 0.257 e. The minimum atomic E-state index is -0.0708. The van der Waals surface area contributed by atoms with Gasteiger partial charge in [-0.05, 0) is 6.42 Å². The Morgan fingerprint density at radius 2 is 2.57 bits per heavy atom. The number of nitrogens with one attached hydrogen (secondary N) is 1. The number of rotatable bonds is 4. The molecule has 0 saturated heterocycles. The summed E-state index contributed by atoms with van der Waals surface area (Å²) in [5.74, 6) is 2.40. The van der Waals surface area contributed by atoms with E-state index < -0.39 is 0 Å². The fourth-order valence-corrected chi connectivity index (χ4v) is 1.18. The molecule has 1 aromatic rings. The van der Waals surface area contributed by atoms with Gasteiger partial charge < -0.3 is 4.90 Å². The summed E-state index contributed by atoms with van der Waals surface area (Å²) in [5.41, 5.74) is 0.550. The van der Waals surface area contributed by atoms with Crippen LogP contribution in [0.3, 0.4) is 0 Å². The molecule has 0 fully saturated rings. The van der Waals surface area contributed by atoms with Crippen LogP contribution in [-0.4, -0.2) is 34.1 Å². The van der Waals surface area contributed by atoms with Gasteiger partial charge in [0.15, 0.2) is 0 Å². The second kappa shape index (κ2) is 5.07. The number of aromatic nitrogens is 2. The fourth-order valence-electron chi connectivity index (χ4n) is 1.18. The predicted octanol–water partition coefficient (Wildman–Crippen LogP) is 0.895. The zero-order valence-electron chi connectivity index (χ0n) is 8.16. The normalized spacial score (nSPS) is 9.43. The second-order valence-corrected chi connectivity index (χ2v) is 2.92. The lowest BCUT2D eigenvalue weighted by molar-refractivity contribution is 0.0777. The molecule has 14 heavy (non-hydrogen) atoms. The Hall–Kier alpha value is -1.76. The minimum absolute atomic E-state index is 0.0708. The maximum atomic E-state index is 11.8. The first kappa shape index (κ1) is 10.3. The van der Waals surface area contributed by atoms with E-state index in [9.17, 15) is 4.79 Å². The Bertz CT molecular complexity index is 324. The van der Waals surface area contributed by atoms with Gasteiger partial charge in [-0.2, -0.15) is 5.10 Å². The molecule has 1 rings (SSSR count). The molecule has 0 unspecified atom stereocenters. The van der Waals surface area contributed by atoms with Crippen molar-refractivity contribution in [3.63, 3.8) is 0 Å². The van der Waals surface area contributed by atoms with E-state index in [0.717, 1.165) is 6.42 Å². The molecule has 1 N–H and O–H groups in total. The van der Waals surface area contributed by atoms with Crippen molar-refractivity contribution in [2.75, 3.05) is 13.1 Å². The summed E-state index contributed by atoms with van der Waals surface area (Å²) in [7, 11) is 0. The number of amides is 1. The molecular weight excluding hydrogens is 178 g/mol. The van der Waals surface area contributed by atoms with Gasteiger partial charge in [-0.15, -0.1) is 6.42 Å². The smallest absolute Gasteiger partial charge is 0.257 e. The van der Waals surface area contributed by atoms with Crippen molar-refractivity contribution in [1.29, 1.82) is 0 Å². The third-order valence-corrected chi connectivity index (χ3v) is 1.81. The number of hydrogen-bond acceptors (Lipinski definition) is 2. The monoisotopic (exact) mass is 191 g/mol. The zero-order chi connectivity index (χ0) is 10.4. The van der Waals surface area contributed by atoms with Crippen molar-refractivity contribution < 1.29 is 4.79 Å². The Balaban J connectivity index is 2.69. The van der Waals surface area contributed by atoms with Crippen LogP contribution < -0.4 is 0 Å². The van der Waals surface area contributed by atoms with Gasteiger partial charge >= 0.3 is 0 Å². The van der Waals surface area contributed by atoms with Crippen molar-refractivity contribution in [2.45, 2.75) is 13.3 Å². The van der Waals surface area contributed by atoms with Gasteiger partial charge in [0.1, 0.15) is 0 Å². The Morgan fingerprint density at radius 3 is 3.07 bits per heavy atom. The van der Waals surface area contributed by atoms with Crippen molar-refractivity contribution in [3.05, 3.63) is 18.0 Å². The van der Waals surface area contributed by atoms with E-state index in [1.54, 1.807) is 11.1 Å². The summed E-state index contributed by atoms with van der Waals surface area (Å²) in [5, 5.41) is 6.32. The molecule has 0 bridgehead atoms. The largest absolute Gasteiger partial charge is 0.327 e. The number of terminal acetylenes is 1. The molecule has 4 heteroatoms. The molecule has 4 nitrogen and oxygen atoms in total. The molecule has 0 aliphatic heterocycles. The highest BCUT2D eigenvalue weighted by Gasteiger charge is 2.14. The SMILES string of the molecule is C#CCN(CCC)C(=O)c1cn[nH]c1. The molecule has 1 amide bonds. The molecule has 0 aliphatic rings. The third-order valence-electron chi connectivity index (χ3n) is 1.81. The lowest BCUT2D eigenvalue weighted by Crippen LogP contribution is -2.31. The quantitative estimate of drug-likeness (QED) is 0.719. The van der Waals surface area contributed by atoms with Gasteiger partial charge in [-0.1, -0.05) is 12.8 Å². The number of aromatic amines is 1. The van der Waals surface area contributed by atoms with Gasteiger partial charge in [-0.25, -0.2) is 0 Å². The molecule has 0 aromatic carbocycles. The van der Waals surface area contributed by atoms with E-state index >= 15 is 0 Å². The van der Waals surface area contributed by atoms with Crippen LogP contribution in [0.4, 0.5) is 0 Å². The third kappa shape index (κ3) is 2.36. The lowest BCUT2D eigenvalue weighted by atomic mass is 10.3. The van der Waals surface area contributed by atoms with Crippen LogP contribution in [0.15, 0.2) is 12.4 Å². The number of nitrogens with zero attached hydrogens (tertiary/aromatic N) is 2. The maximum absolute atomic E-state index is 11.8. The summed E-state index contributed by atoms with van der Waals surface area (Å²) in [6, 6.07) is 0. The predicted molar refractivity (Wildman–Crippen MR) is 53.6 cm³/mol. The molecule has 0 radical (unpaired) electrons. The fraction of sp³-hybridized carbons (Fsp3) is 0.400. The van der Waals surface area contributed by atoms with Gasteiger partial charge in [-0.3, -0.25) is 9.89 Å². The molecule has 1 aromatic heterocycles. The van der Waals surface area contributed by atoms with Gasteiger partial charge in [0.2, 0.25) is 0 Å². The van der Waals surface area contributed by atoms with Gasteiger partial charge in [0, 0.05) is 12.7 Å². The first-order valence-electron chi connectivity index (χ1n) is 4.51. The van der Waals surface area contributed by atoms with Crippen LogP contribution in [0, 0.1) is 12.3 Å². The summed E-state index contributed by atoms with van der Waals surface area (Å²) >= 11 is 0. The summed E-state index contributed by atoms with van der Waals surface area (Å²) in [6.45, 7) is 3.03. The number of H-pyrrole nitrogens is 1. The van der Waals surface area contributed by atoms with E-state index in [-0.39, 0.29) is 5.91 Å². The van der Waals surface area contributed by atoms with Gasteiger partial charge in [0.05, 0.1) is 18.3 Å². The van der Waals surface area contributed by atoms with E-state index in [1.165, 1.54) is 6.20 Å². The summed E-state index contributed by atoms with van der Waals surface area (Å²) < 4.78 is 0. The highest BCUT2D eigenvalue weighted by atomic mass is 16.2.